The van der Waals surface area contributed by atoms with Gasteiger partial charge >= 0.3 is 0 Å². The minimum absolute atomic E-state index is 0.0540. The molecule has 0 radical (unpaired) electrons. The van der Waals surface area contributed by atoms with Crippen molar-refractivity contribution in [2.45, 2.75) is 46.4 Å². The Labute approximate surface area is 193 Å². The van der Waals surface area contributed by atoms with E-state index in [1.54, 1.807) is 0 Å². The first-order valence-electron chi connectivity index (χ1n) is 9.85. The number of nitrogens with one attached hydrogen (secondary N) is 1. The van der Waals surface area contributed by atoms with Crippen LogP contribution in [0, 0.1) is 0 Å². The minimum Gasteiger partial charge on any atom is -0.489 e. The summed E-state index contributed by atoms with van der Waals surface area (Å²) in [6, 6.07) is 13.7. The van der Waals surface area contributed by atoms with Crippen LogP contribution in [0.25, 0.3) is 0 Å². The first kappa shape index (κ1) is 22.7. The Bertz CT molecular complexity index is 931. The largest absolute Gasteiger partial charge is 0.489 e. The monoisotopic (exact) mass is 464 g/mol. The fourth-order valence-electron chi connectivity index (χ4n) is 3.02. The van der Waals surface area contributed by atoms with Gasteiger partial charge in [-0.05, 0) is 75.8 Å². The van der Waals surface area contributed by atoms with Gasteiger partial charge in [0.25, 0.3) is 0 Å². The summed E-state index contributed by atoms with van der Waals surface area (Å²) in [7, 11) is 0. The van der Waals surface area contributed by atoms with E-state index >= 15 is 0 Å². The second-order valence-corrected chi connectivity index (χ2v) is 8.89. The lowest BCUT2D eigenvalue weighted by Crippen LogP contribution is -2.52. The molecule has 1 aliphatic heterocycles. The fraction of sp³-hybridized carbons (Fsp3) is 0.364. The number of thiocarbonyl (C=S) groups is 1. The van der Waals surface area contributed by atoms with Gasteiger partial charge in [0.05, 0.1) is 17.8 Å². The molecule has 0 saturated heterocycles. The van der Waals surface area contributed by atoms with Crippen LogP contribution >= 0.6 is 35.4 Å². The summed E-state index contributed by atoms with van der Waals surface area (Å²) in [4.78, 5) is 8.89. The molecular formula is C22H26Cl2N4OS. The number of halogens is 2. The Balaban J connectivity index is 1.84. The van der Waals surface area contributed by atoms with Crippen LogP contribution in [0.5, 0.6) is 5.75 Å². The molecule has 8 heteroatoms. The van der Waals surface area contributed by atoms with Crippen molar-refractivity contribution in [3.8, 4) is 5.75 Å². The molecule has 0 unspecified atom stereocenters. The highest BCUT2D eigenvalue weighted by Gasteiger charge is 2.26. The summed E-state index contributed by atoms with van der Waals surface area (Å²) >= 11 is 18.0. The zero-order chi connectivity index (χ0) is 21.8. The molecule has 2 aromatic carbocycles. The molecule has 1 heterocycles. The minimum atomic E-state index is 0.0540. The predicted octanol–water partition coefficient (Wildman–Crippen LogP) is 6.02. The van der Waals surface area contributed by atoms with E-state index in [1.165, 1.54) is 0 Å². The molecule has 0 spiro atoms. The summed E-state index contributed by atoms with van der Waals surface area (Å²) in [5.74, 6) is 1.34. The van der Waals surface area contributed by atoms with Crippen LogP contribution in [0.15, 0.2) is 47.5 Å². The van der Waals surface area contributed by atoms with Crippen LogP contribution in [0.1, 0.15) is 33.3 Å². The zero-order valence-electron chi connectivity index (χ0n) is 17.5. The van der Waals surface area contributed by atoms with E-state index in [0.29, 0.717) is 40.1 Å². The maximum Gasteiger partial charge on any atom is 0.207 e. The third-order valence-electron chi connectivity index (χ3n) is 4.53. The van der Waals surface area contributed by atoms with Gasteiger partial charge in [-0.15, -0.1) is 0 Å². The molecule has 0 atom stereocenters. The van der Waals surface area contributed by atoms with Crippen LogP contribution in [0.2, 0.25) is 10.0 Å². The van der Waals surface area contributed by atoms with Crippen molar-refractivity contribution in [3.05, 3.63) is 58.1 Å². The summed E-state index contributed by atoms with van der Waals surface area (Å²) in [5.41, 5.74) is 1.95. The number of guanidine groups is 1. The lowest BCUT2D eigenvalue weighted by molar-refractivity contribution is 0.223. The second kappa shape index (κ2) is 9.86. The van der Waals surface area contributed by atoms with Gasteiger partial charge in [0, 0.05) is 23.3 Å². The molecule has 0 aromatic heterocycles. The average Bonchev–Trinajstić information content (AvgIpc) is 2.67. The van der Waals surface area contributed by atoms with Crippen LogP contribution in [0.3, 0.4) is 0 Å². The molecule has 0 aliphatic carbocycles. The van der Waals surface area contributed by atoms with E-state index in [1.807, 2.05) is 56.3 Å². The van der Waals surface area contributed by atoms with Gasteiger partial charge in [-0.2, -0.15) is 4.99 Å². The summed E-state index contributed by atoms with van der Waals surface area (Å²) in [6.45, 7) is 9.44. The maximum absolute atomic E-state index is 6.40. The number of hydrogen-bond donors (Lipinski definition) is 1. The topological polar surface area (TPSA) is 40.1 Å². The highest BCUT2D eigenvalue weighted by atomic mass is 35.5. The van der Waals surface area contributed by atoms with Crippen molar-refractivity contribution in [2.75, 3.05) is 12.0 Å². The Hall–Kier alpha value is -2.02. The average molecular weight is 465 g/mol. The Morgan fingerprint density at radius 2 is 1.80 bits per heavy atom. The van der Waals surface area contributed by atoms with E-state index in [2.05, 4.69) is 34.0 Å². The van der Waals surface area contributed by atoms with E-state index < -0.39 is 0 Å². The molecule has 0 bridgehead atoms. The molecule has 0 fully saturated rings. The molecule has 2 aromatic rings. The first-order chi connectivity index (χ1) is 14.2. The predicted molar refractivity (Wildman–Crippen MR) is 130 cm³/mol. The lowest BCUT2D eigenvalue weighted by Gasteiger charge is -2.39. The Kier molecular flexibility index (Phi) is 7.45. The zero-order valence-corrected chi connectivity index (χ0v) is 19.9. The van der Waals surface area contributed by atoms with Crippen molar-refractivity contribution in [2.24, 2.45) is 4.99 Å². The highest BCUT2D eigenvalue weighted by molar-refractivity contribution is 7.80. The highest BCUT2D eigenvalue weighted by Crippen LogP contribution is 2.29. The number of ether oxygens (including phenoxy) is 1. The number of rotatable bonds is 6. The third kappa shape index (κ3) is 5.78. The molecule has 5 nitrogen and oxygen atoms in total. The number of benzene rings is 2. The maximum atomic E-state index is 6.40. The number of hydrogen-bond acceptors (Lipinski definition) is 4. The van der Waals surface area contributed by atoms with Crippen molar-refractivity contribution < 1.29 is 4.74 Å². The number of aliphatic imine (C=N–C) groups is 1. The van der Waals surface area contributed by atoms with Crippen LogP contribution < -0.4 is 10.1 Å². The smallest absolute Gasteiger partial charge is 0.207 e. The second-order valence-electron chi connectivity index (χ2n) is 7.68. The molecule has 30 heavy (non-hydrogen) atoms. The number of nitrogens with zero attached hydrogens (tertiary/aromatic N) is 3. The van der Waals surface area contributed by atoms with Crippen LogP contribution in [-0.4, -0.2) is 39.7 Å². The van der Waals surface area contributed by atoms with E-state index in [-0.39, 0.29) is 12.1 Å². The van der Waals surface area contributed by atoms with Crippen LogP contribution in [-0.2, 0) is 6.54 Å². The molecule has 1 aliphatic rings. The molecule has 1 N–H and O–H groups in total. The molecule has 0 amide bonds. The van der Waals surface area contributed by atoms with Gasteiger partial charge in [0.15, 0.2) is 5.11 Å². The molecule has 0 saturated carbocycles. The van der Waals surface area contributed by atoms with E-state index in [9.17, 15) is 0 Å². The molecule has 160 valence electrons. The number of anilines is 1. The van der Waals surface area contributed by atoms with Crippen molar-refractivity contribution in [3.63, 3.8) is 0 Å². The summed E-state index contributed by atoms with van der Waals surface area (Å²) < 4.78 is 5.72. The van der Waals surface area contributed by atoms with Gasteiger partial charge in [-0.25, -0.2) is 0 Å². The fourth-order valence-corrected chi connectivity index (χ4v) is 3.73. The Morgan fingerprint density at radius 3 is 2.40 bits per heavy atom. The van der Waals surface area contributed by atoms with Gasteiger partial charge in [0.1, 0.15) is 5.75 Å². The van der Waals surface area contributed by atoms with Gasteiger partial charge in [-0.3, -0.25) is 0 Å². The third-order valence-corrected chi connectivity index (χ3v) is 5.40. The lowest BCUT2D eigenvalue weighted by atomic mass is 10.2. The Morgan fingerprint density at radius 1 is 1.10 bits per heavy atom. The van der Waals surface area contributed by atoms with Crippen molar-refractivity contribution in [1.82, 2.24) is 9.80 Å². The quantitative estimate of drug-likeness (QED) is 0.529. The standard InChI is InChI=1S/C22H26Cl2N4OS/c1-14(2)28-13-27(12-16-5-7-17(23)8-6-16)21(26-22(28)30)25-18-9-10-20(19(24)11-18)29-15(3)4/h5-11,14-15H,12-13H2,1-4H3,(H,25,26,30). The van der Waals surface area contributed by atoms with Crippen molar-refractivity contribution >= 4 is 52.2 Å². The van der Waals surface area contributed by atoms with Crippen LogP contribution in [0.4, 0.5) is 5.69 Å². The van der Waals surface area contributed by atoms with E-state index in [0.717, 1.165) is 11.3 Å². The van der Waals surface area contributed by atoms with Gasteiger partial charge < -0.3 is 19.9 Å². The van der Waals surface area contributed by atoms with Crippen molar-refractivity contribution in [1.29, 1.82) is 0 Å². The normalized spacial score (nSPS) is 14.4. The first-order valence-corrected chi connectivity index (χ1v) is 11.0. The SMILES string of the molecule is CC(C)Oc1ccc(NC2=NC(=S)N(C(C)C)CN2Cc2ccc(Cl)cc2)cc1Cl. The summed E-state index contributed by atoms with van der Waals surface area (Å²) in [5, 5.41) is 5.19. The van der Waals surface area contributed by atoms with E-state index in [4.69, 9.17) is 40.2 Å². The molecule has 3 rings (SSSR count). The molecular weight excluding hydrogens is 439 g/mol. The van der Waals surface area contributed by atoms with Gasteiger partial charge in [-0.1, -0.05) is 35.3 Å². The summed E-state index contributed by atoms with van der Waals surface area (Å²) in [6.07, 6.45) is 0.0540. The van der Waals surface area contributed by atoms with Gasteiger partial charge in [0.2, 0.25) is 5.96 Å².